The maximum Gasteiger partial charge on any atom is 0.0753 e. The largest absolute Gasteiger partial charge is 0.392 e. The molecule has 0 radical (unpaired) electrons. The molecule has 2 unspecified atom stereocenters. The molecule has 2 nitrogen and oxygen atoms in total. The number of aliphatic hydroxyl groups is 2. The third kappa shape index (κ3) is 6.76. The van der Waals surface area contributed by atoms with Gasteiger partial charge >= 0.3 is 0 Å². The minimum atomic E-state index is -0.450. The second kappa shape index (κ2) is 9.81. The summed E-state index contributed by atoms with van der Waals surface area (Å²) in [6.07, 6.45) is 11.9. The van der Waals surface area contributed by atoms with Crippen molar-refractivity contribution in [3.8, 4) is 0 Å². The molecule has 2 N–H and O–H groups in total. The lowest BCUT2D eigenvalue weighted by Gasteiger charge is -2.22. The first-order valence-corrected chi connectivity index (χ1v) is 8.38. The zero-order valence-corrected chi connectivity index (χ0v) is 14.4. The molecule has 22 heavy (non-hydrogen) atoms. The molecule has 0 heterocycles. The van der Waals surface area contributed by atoms with Gasteiger partial charge in [-0.15, -0.1) is 0 Å². The van der Waals surface area contributed by atoms with Gasteiger partial charge in [-0.1, -0.05) is 36.0 Å². The molecule has 124 valence electrons. The van der Waals surface area contributed by atoms with E-state index in [4.69, 9.17) is 0 Å². The molecule has 0 aromatic heterocycles. The van der Waals surface area contributed by atoms with Crippen LogP contribution in [-0.2, 0) is 0 Å². The van der Waals surface area contributed by atoms with Gasteiger partial charge in [0.15, 0.2) is 0 Å². The molecule has 0 fully saturated rings. The lowest BCUT2D eigenvalue weighted by atomic mass is 9.86. The number of allylic oxidation sites excluding steroid dienone is 5. The number of hydrogen-bond acceptors (Lipinski definition) is 2. The van der Waals surface area contributed by atoms with E-state index >= 15 is 0 Å². The third-order valence-electron chi connectivity index (χ3n) is 4.64. The molecule has 0 bridgehead atoms. The summed E-state index contributed by atoms with van der Waals surface area (Å²) in [6, 6.07) is 0. The minimum Gasteiger partial charge on any atom is -0.392 e. The predicted octanol–water partition coefficient (Wildman–Crippen LogP) is 4.71. The topological polar surface area (TPSA) is 40.5 Å². The standard InChI is InChI=1S/C20H32O2/c1-15-7-5-8-16(2)11-12-19(18(4)14-21)13-20(22)17(3)10-6-9-15/h8-10,19-22H,4-7,11-14H2,1-3H3. The first-order valence-electron chi connectivity index (χ1n) is 8.38. The van der Waals surface area contributed by atoms with Crippen LogP contribution in [0.25, 0.3) is 0 Å². The van der Waals surface area contributed by atoms with Gasteiger partial charge in [0.25, 0.3) is 0 Å². The van der Waals surface area contributed by atoms with Crippen LogP contribution in [0.4, 0.5) is 0 Å². The van der Waals surface area contributed by atoms with Crippen LogP contribution in [0.15, 0.2) is 47.1 Å². The van der Waals surface area contributed by atoms with Crippen molar-refractivity contribution in [2.45, 2.75) is 65.4 Å². The van der Waals surface area contributed by atoms with Gasteiger partial charge in [-0.05, 0) is 76.4 Å². The van der Waals surface area contributed by atoms with Crippen LogP contribution in [0.2, 0.25) is 0 Å². The highest BCUT2D eigenvalue weighted by atomic mass is 16.3. The normalized spacial score (nSPS) is 25.6. The molecule has 1 rings (SSSR count). The van der Waals surface area contributed by atoms with E-state index in [1.165, 1.54) is 11.1 Å². The molecule has 0 saturated carbocycles. The van der Waals surface area contributed by atoms with Crippen molar-refractivity contribution >= 4 is 0 Å². The van der Waals surface area contributed by atoms with Crippen molar-refractivity contribution < 1.29 is 10.2 Å². The average Bonchev–Trinajstić information content (AvgIpc) is 2.49. The molecule has 0 spiro atoms. The van der Waals surface area contributed by atoms with E-state index in [0.29, 0.717) is 6.42 Å². The summed E-state index contributed by atoms with van der Waals surface area (Å²) < 4.78 is 0. The lowest BCUT2D eigenvalue weighted by Crippen LogP contribution is -2.18. The summed E-state index contributed by atoms with van der Waals surface area (Å²) in [5, 5.41) is 19.8. The Morgan fingerprint density at radius 2 is 1.82 bits per heavy atom. The highest BCUT2D eigenvalue weighted by molar-refractivity contribution is 5.13. The number of rotatable bonds is 2. The molecule has 0 saturated heterocycles. The van der Waals surface area contributed by atoms with Gasteiger partial charge in [0.2, 0.25) is 0 Å². The molecule has 2 atom stereocenters. The maximum absolute atomic E-state index is 10.4. The summed E-state index contributed by atoms with van der Waals surface area (Å²) in [5.74, 6) is 0.173. The van der Waals surface area contributed by atoms with Crippen LogP contribution in [0.5, 0.6) is 0 Å². The predicted molar refractivity (Wildman–Crippen MR) is 94.7 cm³/mol. The van der Waals surface area contributed by atoms with Crippen LogP contribution < -0.4 is 0 Å². The van der Waals surface area contributed by atoms with Crippen molar-refractivity contribution in [2.75, 3.05) is 6.61 Å². The third-order valence-corrected chi connectivity index (χ3v) is 4.64. The quantitative estimate of drug-likeness (QED) is 0.726. The second-order valence-electron chi connectivity index (χ2n) is 6.63. The monoisotopic (exact) mass is 304 g/mol. The summed E-state index contributed by atoms with van der Waals surface area (Å²) in [7, 11) is 0. The van der Waals surface area contributed by atoms with Crippen LogP contribution in [-0.4, -0.2) is 22.9 Å². The van der Waals surface area contributed by atoms with E-state index in [9.17, 15) is 10.2 Å². The van der Waals surface area contributed by atoms with Crippen molar-refractivity contribution in [3.05, 3.63) is 47.1 Å². The lowest BCUT2D eigenvalue weighted by molar-refractivity contribution is 0.175. The van der Waals surface area contributed by atoms with Gasteiger partial charge < -0.3 is 10.2 Å². The summed E-state index contributed by atoms with van der Waals surface area (Å²) >= 11 is 0. The molecular weight excluding hydrogens is 272 g/mol. The Balaban J connectivity index is 2.90. The fourth-order valence-corrected chi connectivity index (χ4v) is 2.81. The van der Waals surface area contributed by atoms with Gasteiger partial charge in [-0.3, -0.25) is 0 Å². The van der Waals surface area contributed by atoms with Crippen molar-refractivity contribution in [1.29, 1.82) is 0 Å². The first kappa shape index (κ1) is 18.9. The summed E-state index contributed by atoms with van der Waals surface area (Å²) in [4.78, 5) is 0. The molecule has 0 aromatic rings. The maximum atomic E-state index is 10.4. The molecule has 1 aliphatic carbocycles. The highest BCUT2D eigenvalue weighted by Gasteiger charge is 2.18. The van der Waals surface area contributed by atoms with Crippen molar-refractivity contribution in [2.24, 2.45) is 5.92 Å². The zero-order valence-electron chi connectivity index (χ0n) is 14.4. The van der Waals surface area contributed by atoms with E-state index in [1.54, 1.807) is 0 Å². The van der Waals surface area contributed by atoms with E-state index < -0.39 is 6.10 Å². The molecule has 0 amide bonds. The van der Waals surface area contributed by atoms with E-state index in [1.807, 2.05) is 6.92 Å². The summed E-state index contributed by atoms with van der Waals surface area (Å²) in [5.41, 5.74) is 4.65. The van der Waals surface area contributed by atoms with E-state index in [0.717, 1.165) is 43.3 Å². The van der Waals surface area contributed by atoms with Crippen LogP contribution >= 0.6 is 0 Å². The smallest absolute Gasteiger partial charge is 0.0753 e. The Hall–Kier alpha value is -1.12. The minimum absolute atomic E-state index is 0.00480. The first-order chi connectivity index (χ1) is 10.4. The van der Waals surface area contributed by atoms with Crippen LogP contribution in [0.3, 0.4) is 0 Å². The van der Waals surface area contributed by atoms with Gasteiger partial charge in [0, 0.05) is 0 Å². The molecular formula is C20H32O2. The molecule has 0 aliphatic heterocycles. The fourth-order valence-electron chi connectivity index (χ4n) is 2.81. The van der Waals surface area contributed by atoms with Gasteiger partial charge in [0.05, 0.1) is 12.7 Å². The molecule has 2 heteroatoms. The van der Waals surface area contributed by atoms with E-state index in [-0.39, 0.29) is 12.5 Å². The van der Waals surface area contributed by atoms with Crippen LogP contribution in [0, 0.1) is 5.92 Å². The summed E-state index contributed by atoms with van der Waals surface area (Å²) in [6.45, 7) is 10.3. The number of hydrogen-bond donors (Lipinski definition) is 2. The number of aliphatic hydroxyl groups excluding tert-OH is 2. The van der Waals surface area contributed by atoms with E-state index in [2.05, 4.69) is 38.7 Å². The van der Waals surface area contributed by atoms with Crippen LogP contribution in [0.1, 0.15) is 59.3 Å². The SMILES string of the molecule is C=C(CO)C1CCC(C)=CCCC(C)=CCC=C(C)C(O)C1. The van der Waals surface area contributed by atoms with Crippen molar-refractivity contribution in [1.82, 2.24) is 0 Å². The van der Waals surface area contributed by atoms with Gasteiger partial charge in [-0.2, -0.15) is 0 Å². The highest BCUT2D eigenvalue weighted by Crippen LogP contribution is 2.26. The Kier molecular flexibility index (Phi) is 8.44. The molecule has 1 aliphatic rings. The average molecular weight is 304 g/mol. The molecule has 0 aromatic carbocycles. The van der Waals surface area contributed by atoms with Gasteiger partial charge in [0.1, 0.15) is 0 Å². The Bertz CT molecular complexity index is 454. The zero-order chi connectivity index (χ0) is 16.5. The second-order valence-corrected chi connectivity index (χ2v) is 6.63. The van der Waals surface area contributed by atoms with Gasteiger partial charge in [-0.25, -0.2) is 0 Å². The Morgan fingerprint density at radius 3 is 2.50 bits per heavy atom. The fraction of sp³-hybridized carbons (Fsp3) is 0.600. The Labute approximate surface area is 135 Å². The van der Waals surface area contributed by atoms with Crippen molar-refractivity contribution in [3.63, 3.8) is 0 Å². The Morgan fingerprint density at radius 1 is 1.14 bits per heavy atom.